The molecule has 0 spiro atoms. The third-order valence-electron chi connectivity index (χ3n) is 4.40. The van der Waals surface area contributed by atoms with Gasteiger partial charge < -0.3 is 10.2 Å². The number of amides is 1. The van der Waals surface area contributed by atoms with Crippen molar-refractivity contribution >= 4 is 17.4 Å². The van der Waals surface area contributed by atoms with Gasteiger partial charge in [-0.1, -0.05) is 0 Å². The van der Waals surface area contributed by atoms with Gasteiger partial charge in [-0.25, -0.2) is 4.98 Å². The second kappa shape index (κ2) is 7.29. The molecule has 0 bridgehead atoms. The van der Waals surface area contributed by atoms with Gasteiger partial charge in [-0.3, -0.25) is 19.6 Å². The largest absolute Gasteiger partial charge is 0.352 e. The summed E-state index contributed by atoms with van der Waals surface area (Å²) in [5.41, 5.74) is 0.579. The van der Waals surface area contributed by atoms with Crippen LogP contribution in [0.25, 0.3) is 0 Å². The molecule has 9 heteroatoms. The molecule has 9 nitrogen and oxygen atoms in total. The highest BCUT2D eigenvalue weighted by Gasteiger charge is 2.26. The van der Waals surface area contributed by atoms with Gasteiger partial charge in [-0.05, 0) is 24.8 Å². The lowest BCUT2D eigenvalue weighted by atomic mass is 9.96. The summed E-state index contributed by atoms with van der Waals surface area (Å²) in [4.78, 5) is 28.9. The number of piperidine rings is 1. The molecule has 25 heavy (non-hydrogen) atoms. The lowest BCUT2D eigenvalue weighted by molar-refractivity contribution is -0.384. The molecule has 0 saturated carbocycles. The predicted molar refractivity (Wildman–Crippen MR) is 91.4 cm³/mol. The second-order valence-corrected chi connectivity index (χ2v) is 6.15. The molecule has 1 fully saturated rings. The van der Waals surface area contributed by atoms with Gasteiger partial charge >= 0.3 is 5.69 Å². The van der Waals surface area contributed by atoms with Crippen LogP contribution in [0.3, 0.4) is 0 Å². The van der Waals surface area contributed by atoms with Crippen LogP contribution in [0.2, 0.25) is 0 Å². The van der Waals surface area contributed by atoms with E-state index < -0.39 is 4.92 Å². The molecular formula is C16H20N6O3. The number of pyridine rings is 1. The molecule has 1 amide bonds. The van der Waals surface area contributed by atoms with E-state index in [0.29, 0.717) is 36.9 Å². The van der Waals surface area contributed by atoms with E-state index in [-0.39, 0.29) is 11.6 Å². The van der Waals surface area contributed by atoms with Crippen molar-refractivity contribution < 1.29 is 9.72 Å². The van der Waals surface area contributed by atoms with Crippen molar-refractivity contribution in [1.29, 1.82) is 0 Å². The van der Waals surface area contributed by atoms with Crippen LogP contribution in [0.15, 0.2) is 30.7 Å². The van der Waals surface area contributed by atoms with E-state index in [1.165, 1.54) is 12.3 Å². The molecule has 1 aliphatic heterocycles. The Labute approximate surface area is 144 Å². The fourth-order valence-electron chi connectivity index (χ4n) is 3.00. The van der Waals surface area contributed by atoms with Crippen LogP contribution in [-0.4, -0.2) is 45.2 Å². The number of rotatable bonds is 5. The predicted octanol–water partition coefficient (Wildman–Crippen LogP) is 1.37. The number of nitrogens with one attached hydrogen (secondary N) is 1. The highest BCUT2D eigenvalue weighted by Crippen LogP contribution is 2.28. The first-order valence-electron chi connectivity index (χ1n) is 8.16. The summed E-state index contributed by atoms with van der Waals surface area (Å²) >= 11 is 0. The highest BCUT2D eigenvalue weighted by atomic mass is 16.6. The van der Waals surface area contributed by atoms with Crippen molar-refractivity contribution in [3.63, 3.8) is 0 Å². The monoisotopic (exact) mass is 344 g/mol. The smallest absolute Gasteiger partial charge is 0.311 e. The maximum Gasteiger partial charge on any atom is 0.311 e. The first kappa shape index (κ1) is 16.9. The molecule has 1 N–H and O–H groups in total. The number of nitro groups is 1. The first-order chi connectivity index (χ1) is 12.0. The van der Waals surface area contributed by atoms with E-state index in [2.05, 4.69) is 15.4 Å². The van der Waals surface area contributed by atoms with Gasteiger partial charge in [0.05, 0.1) is 16.7 Å². The number of carbonyl (C=O) groups excluding carboxylic acids is 1. The molecule has 132 valence electrons. The fourth-order valence-corrected chi connectivity index (χ4v) is 3.00. The topological polar surface area (TPSA) is 106 Å². The van der Waals surface area contributed by atoms with Crippen LogP contribution in [0.1, 0.15) is 23.2 Å². The van der Waals surface area contributed by atoms with Gasteiger partial charge in [-0.2, -0.15) is 5.10 Å². The van der Waals surface area contributed by atoms with E-state index in [1.807, 2.05) is 4.90 Å². The Bertz CT molecular complexity index is 767. The van der Waals surface area contributed by atoms with Gasteiger partial charge in [0.15, 0.2) is 0 Å². The zero-order valence-electron chi connectivity index (χ0n) is 14.0. The summed E-state index contributed by atoms with van der Waals surface area (Å²) in [6.07, 6.45) is 6.49. The van der Waals surface area contributed by atoms with Crippen LogP contribution in [0, 0.1) is 16.0 Å². The zero-order chi connectivity index (χ0) is 17.8. The number of anilines is 1. The van der Waals surface area contributed by atoms with Gasteiger partial charge in [-0.15, -0.1) is 0 Å². The normalized spacial score (nSPS) is 15.2. The Balaban J connectivity index is 1.52. The number of aromatic nitrogens is 3. The van der Waals surface area contributed by atoms with Crippen LogP contribution in [-0.2, 0) is 7.05 Å². The third-order valence-corrected chi connectivity index (χ3v) is 4.40. The number of hydrogen-bond acceptors (Lipinski definition) is 6. The Morgan fingerprint density at radius 3 is 2.84 bits per heavy atom. The molecule has 0 radical (unpaired) electrons. The van der Waals surface area contributed by atoms with Gasteiger partial charge in [0.1, 0.15) is 0 Å². The lowest BCUT2D eigenvalue weighted by Gasteiger charge is -2.32. The van der Waals surface area contributed by atoms with E-state index in [4.69, 9.17) is 0 Å². The molecule has 1 saturated heterocycles. The average Bonchev–Trinajstić information content (AvgIpc) is 3.06. The molecule has 0 aliphatic carbocycles. The SMILES string of the molecule is Cn1cc(C(=O)NCC2CCN(c3ncccc3[N+](=O)[O-])CC2)cn1. The molecule has 0 unspecified atom stereocenters. The zero-order valence-corrected chi connectivity index (χ0v) is 14.0. The lowest BCUT2D eigenvalue weighted by Crippen LogP contribution is -2.39. The maximum absolute atomic E-state index is 12.0. The quantitative estimate of drug-likeness (QED) is 0.648. The Morgan fingerprint density at radius 2 is 2.20 bits per heavy atom. The summed E-state index contributed by atoms with van der Waals surface area (Å²) in [6.45, 7) is 1.96. The Morgan fingerprint density at radius 1 is 1.44 bits per heavy atom. The van der Waals surface area contributed by atoms with Crippen molar-refractivity contribution in [2.75, 3.05) is 24.5 Å². The molecule has 3 rings (SSSR count). The second-order valence-electron chi connectivity index (χ2n) is 6.15. The standard InChI is InChI=1S/C16H20N6O3/c1-20-11-13(10-19-20)16(23)18-9-12-4-7-21(8-5-12)15-14(22(24)25)3-2-6-17-15/h2-3,6,10-12H,4-5,7-9H2,1H3,(H,18,23). The average molecular weight is 344 g/mol. The fraction of sp³-hybridized carbons (Fsp3) is 0.438. The summed E-state index contributed by atoms with van der Waals surface area (Å²) < 4.78 is 1.59. The highest BCUT2D eigenvalue weighted by molar-refractivity contribution is 5.93. The summed E-state index contributed by atoms with van der Waals surface area (Å²) in [7, 11) is 1.77. The third kappa shape index (κ3) is 3.93. The first-order valence-corrected chi connectivity index (χ1v) is 8.16. The maximum atomic E-state index is 12.0. The van der Waals surface area contributed by atoms with Crippen molar-refractivity contribution in [2.45, 2.75) is 12.8 Å². The molecule has 0 aromatic carbocycles. The van der Waals surface area contributed by atoms with Crippen molar-refractivity contribution in [3.8, 4) is 0 Å². The summed E-state index contributed by atoms with van der Waals surface area (Å²) in [5.74, 6) is 0.640. The Hall–Kier alpha value is -2.97. The van der Waals surface area contributed by atoms with Crippen LogP contribution in [0.4, 0.5) is 11.5 Å². The van der Waals surface area contributed by atoms with Gasteiger partial charge in [0.2, 0.25) is 5.82 Å². The molecule has 1 aliphatic rings. The van der Waals surface area contributed by atoms with Gasteiger partial charge in [0.25, 0.3) is 5.91 Å². The van der Waals surface area contributed by atoms with E-state index in [0.717, 1.165) is 12.8 Å². The van der Waals surface area contributed by atoms with Crippen LogP contribution >= 0.6 is 0 Å². The van der Waals surface area contributed by atoms with Crippen LogP contribution in [0.5, 0.6) is 0 Å². The van der Waals surface area contributed by atoms with Crippen molar-refractivity contribution in [1.82, 2.24) is 20.1 Å². The molecule has 3 heterocycles. The molecule has 2 aromatic heterocycles. The van der Waals surface area contributed by atoms with E-state index in [1.54, 1.807) is 30.2 Å². The number of carbonyl (C=O) groups is 1. The van der Waals surface area contributed by atoms with Gasteiger partial charge in [0, 0.05) is 45.1 Å². The molecule has 2 aromatic rings. The Kier molecular flexibility index (Phi) is 4.92. The van der Waals surface area contributed by atoms with Crippen LogP contribution < -0.4 is 10.2 Å². The number of aryl methyl sites for hydroxylation is 1. The van der Waals surface area contributed by atoms with Crippen molar-refractivity contribution in [2.24, 2.45) is 13.0 Å². The molecule has 0 atom stereocenters. The van der Waals surface area contributed by atoms with E-state index >= 15 is 0 Å². The minimum absolute atomic E-state index is 0.0332. The number of nitrogens with zero attached hydrogens (tertiary/aromatic N) is 5. The van der Waals surface area contributed by atoms with E-state index in [9.17, 15) is 14.9 Å². The number of hydrogen-bond donors (Lipinski definition) is 1. The molecular weight excluding hydrogens is 324 g/mol. The summed E-state index contributed by atoms with van der Waals surface area (Å²) in [6, 6.07) is 3.05. The van der Waals surface area contributed by atoms with Crippen molar-refractivity contribution in [3.05, 3.63) is 46.4 Å². The minimum atomic E-state index is -0.400. The summed E-state index contributed by atoms with van der Waals surface area (Å²) in [5, 5.41) is 18.0. The minimum Gasteiger partial charge on any atom is -0.352 e.